The second-order valence-electron chi connectivity index (χ2n) is 5.89. The largest absolute Gasteiger partial charge is 0.310 e. The van der Waals surface area contributed by atoms with Crippen molar-refractivity contribution >= 4 is 22.5 Å². The lowest BCUT2D eigenvalue weighted by atomic mass is 10.0. The Morgan fingerprint density at radius 2 is 2.14 bits per heavy atom. The first-order valence-corrected chi connectivity index (χ1v) is 7.57. The molecule has 2 aromatic rings. The second-order valence-corrected chi connectivity index (χ2v) is 5.89. The highest BCUT2D eigenvalue weighted by Crippen LogP contribution is 2.24. The van der Waals surface area contributed by atoms with Crippen LogP contribution in [0.25, 0.3) is 10.9 Å². The lowest BCUT2D eigenvalue weighted by Crippen LogP contribution is -2.52. The van der Waals surface area contributed by atoms with Gasteiger partial charge in [0.05, 0.1) is 23.4 Å². The van der Waals surface area contributed by atoms with Crippen molar-refractivity contribution in [3.63, 3.8) is 0 Å². The van der Waals surface area contributed by atoms with E-state index >= 15 is 0 Å². The van der Waals surface area contributed by atoms with Crippen LogP contribution in [-0.2, 0) is 4.79 Å². The molecule has 1 aliphatic heterocycles. The number of para-hydroxylation sites is 1. The van der Waals surface area contributed by atoms with Crippen LogP contribution < -0.4 is 10.2 Å². The van der Waals surface area contributed by atoms with E-state index in [4.69, 9.17) is 0 Å². The van der Waals surface area contributed by atoms with Crippen molar-refractivity contribution in [3.05, 3.63) is 36.5 Å². The molecule has 0 saturated carbocycles. The fourth-order valence-corrected chi connectivity index (χ4v) is 2.90. The summed E-state index contributed by atoms with van der Waals surface area (Å²) in [4.78, 5) is 19.0. The minimum atomic E-state index is -0.0785. The highest BCUT2D eigenvalue weighted by atomic mass is 16.2. The molecule has 1 N–H and O–H groups in total. The molecular formula is C17H21N3O. The number of hydrogen-bond donors (Lipinski definition) is 1. The van der Waals surface area contributed by atoms with Gasteiger partial charge in [-0.3, -0.25) is 9.78 Å². The topological polar surface area (TPSA) is 45.2 Å². The van der Waals surface area contributed by atoms with Crippen LogP contribution in [0.1, 0.15) is 26.7 Å². The molecule has 1 amide bonds. The molecule has 3 rings (SSSR count). The highest BCUT2D eigenvalue weighted by molar-refractivity contribution is 5.99. The van der Waals surface area contributed by atoms with Crippen LogP contribution in [0.5, 0.6) is 0 Å². The molecule has 110 valence electrons. The zero-order chi connectivity index (χ0) is 14.8. The Morgan fingerprint density at radius 3 is 2.95 bits per heavy atom. The molecule has 0 bridgehead atoms. The summed E-state index contributed by atoms with van der Waals surface area (Å²) >= 11 is 0. The molecule has 4 heteroatoms. The second kappa shape index (κ2) is 5.82. The van der Waals surface area contributed by atoms with E-state index in [1.54, 1.807) is 6.20 Å². The third-order valence-electron chi connectivity index (χ3n) is 3.86. The molecule has 1 aromatic carbocycles. The maximum absolute atomic E-state index is 12.6. The van der Waals surface area contributed by atoms with E-state index in [0.717, 1.165) is 36.0 Å². The van der Waals surface area contributed by atoms with Gasteiger partial charge in [0.2, 0.25) is 5.91 Å². The van der Waals surface area contributed by atoms with E-state index in [0.29, 0.717) is 6.04 Å². The number of nitrogens with zero attached hydrogens (tertiary/aromatic N) is 2. The van der Waals surface area contributed by atoms with Crippen molar-refractivity contribution in [2.45, 2.75) is 38.8 Å². The molecule has 0 radical (unpaired) electrons. The molecule has 2 heterocycles. The first kappa shape index (κ1) is 14.0. The number of piperidine rings is 1. The summed E-state index contributed by atoms with van der Waals surface area (Å²) in [5, 5.41) is 4.43. The average Bonchev–Trinajstić information content (AvgIpc) is 2.48. The van der Waals surface area contributed by atoms with E-state index in [1.807, 2.05) is 29.2 Å². The quantitative estimate of drug-likeness (QED) is 0.942. The monoisotopic (exact) mass is 283 g/mol. The fraction of sp³-hybridized carbons (Fsp3) is 0.412. The van der Waals surface area contributed by atoms with Crippen LogP contribution in [0.3, 0.4) is 0 Å². The number of nitrogens with one attached hydrogen (secondary N) is 1. The number of carbonyl (C=O) groups excluding carboxylic acids is 1. The number of benzene rings is 1. The van der Waals surface area contributed by atoms with E-state index in [1.165, 1.54) is 0 Å². The number of amides is 1. The van der Waals surface area contributed by atoms with Crippen molar-refractivity contribution in [2.75, 3.05) is 11.4 Å². The van der Waals surface area contributed by atoms with E-state index in [-0.39, 0.29) is 11.9 Å². The summed E-state index contributed by atoms with van der Waals surface area (Å²) in [5.41, 5.74) is 1.86. The third kappa shape index (κ3) is 2.90. The van der Waals surface area contributed by atoms with Gasteiger partial charge in [-0.2, -0.15) is 0 Å². The van der Waals surface area contributed by atoms with Crippen molar-refractivity contribution in [3.8, 4) is 0 Å². The van der Waals surface area contributed by atoms with Gasteiger partial charge in [0.1, 0.15) is 0 Å². The van der Waals surface area contributed by atoms with Crippen LogP contribution in [0.2, 0.25) is 0 Å². The predicted molar refractivity (Wildman–Crippen MR) is 85.4 cm³/mol. The third-order valence-corrected chi connectivity index (χ3v) is 3.86. The van der Waals surface area contributed by atoms with Gasteiger partial charge < -0.3 is 10.2 Å². The predicted octanol–water partition coefficient (Wildman–Crippen LogP) is 2.73. The van der Waals surface area contributed by atoms with Crippen LogP contribution in [0.4, 0.5) is 5.69 Å². The SMILES string of the molecule is CC(C)NC1CCCN(c2cnc3ccccc3c2)C1=O. The molecular weight excluding hydrogens is 262 g/mol. The van der Waals surface area contributed by atoms with Crippen LogP contribution >= 0.6 is 0 Å². The first-order chi connectivity index (χ1) is 10.1. The number of rotatable bonds is 3. The average molecular weight is 283 g/mol. The van der Waals surface area contributed by atoms with E-state index < -0.39 is 0 Å². The van der Waals surface area contributed by atoms with Crippen LogP contribution in [0.15, 0.2) is 36.5 Å². The summed E-state index contributed by atoms with van der Waals surface area (Å²) in [5.74, 6) is 0.159. The zero-order valence-electron chi connectivity index (χ0n) is 12.5. The Kier molecular flexibility index (Phi) is 3.88. The molecule has 1 aromatic heterocycles. The van der Waals surface area contributed by atoms with Gasteiger partial charge in [0, 0.05) is 18.0 Å². The zero-order valence-corrected chi connectivity index (χ0v) is 12.5. The Bertz CT molecular complexity index is 653. The minimum absolute atomic E-state index is 0.0785. The first-order valence-electron chi connectivity index (χ1n) is 7.57. The summed E-state index contributed by atoms with van der Waals surface area (Å²) in [6, 6.07) is 10.3. The Balaban J connectivity index is 1.88. The number of fused-ring (bicyclic) bond motifs is 1. The molecule has 1 fully saturated rings. The summed E-state index contributed by atoms with van der Waals surface area (Å²) in [7, 11) is 0. The van der Waals surface area contributed by atoms with Gasteiger partial charge in [-0.1, -0.05) is 32.0 Å². The van der Waals surface area contributed by atoms with E-state index in [9.17, 15) is 4.79 Å². The smallest absolute Gasteiger partial charge is 0.244 e. The normalized spacial score (nSPS) is 19.5. The number of carbonyl (C=O) groups is 1. The Labute approximate surface area is 125 Å². The number of anilines is 1. The molecule has 0 spiro atoms. The van der Waals surface area contributed by atoms with Gasteiger partial charge in [-0.15, -0.1) is 0 Å². The molecule has 4 nitrogen and oxygen atoms in total. The van der Waals surface area contributed by atoms with Crippen molar-refractivity contribution < 1.29 is 4.79 Å². The number of aromatic nitrogens is 1. The van der Waals surface area contributed by atoms with Crippen molar-refractivity contribution in [2.24, 2.45) is 0 Å². The number of hydrogen-bond acceptors (Lipinski definition) is 3. The van der Waals surface area contributed by atoms with Crippen molar-refractivity contribution in [1.82, 2.24) is 10.3 Å². The van der Waals surface area contributed by atoms with E-state index in [2.05, 4.69) is 30.2 Å². The van der Waals surface area contributed by atoms with Crippen LogP contribution in [-0.4, -0.2) is 29.5 Å². The molecule has 0 aliphatic carbocycles. The maximum atomic E-state index is 12.6. The van der Waals surface area contributed by atoms with Gasteiger partial charge >= 0.3 is 0 Å². The summed E-state index contributed by atoms with van der Waals surface area (Å²) < 4.78 is 0. The van der Waals surface area contributed by atoms with Gasteiger partial charge in [0.15, 0.2) is 0 Å². The lowest BCUT2D eigenvalue weighted by molar-refractivity contribution is -0.121. The summed E-state index contributed by atoms with van der Waals surface area (Å²) in [6.45, 7) is 4.92. The standard InChI is InChI=1S/C17H21N3O/c1-12(2)19-16-8-5-9-20(17(16)21)14-10-13-6-3-4-7-15(13)18-11-14/h3-4,6-7,10-12,16,19H,5,8-9H2,1-2H3. The number of pyridine rings is 1. The van der Waals surface area contributed by atoms with Gasteiger partial charge in [0.25, 0.3) is 0 Å². The van der Waals surface area contributed by atoms with Gasteiger partial charge in [-0.05, 0) is 25.0 Å². The van der Waals surface area contributed by atoms with Crippen molar-refractivity contribution in [1.29, 1.82) is 0 Å². The molecule has 1 atom stereocenters. The van der Waals surface area contributed by atoms with Crippen LogP contribution in [0, 0.1) is 0 Å². The highest BCUT2D eigenvalue weighted by Gasteiger charge is 2.29. The molecule has 21 heavy (non-hydrogen) atoms. The Morgan fingerprint density at radius 1 is 1.33 bits per heavy atom. The van der Waals surface area contributed by atoms with Gasteiger partial charge in [-0.25, -0.2) is 0 Å². The Hall–Kier alpha value is -1.94. The maximum Gasteiger partial charge on any atom is 0.244 e. The molecule has 1 saturated heterocycles. The summed E-state index contributed by atoms with van der Waals surface area (Å²) in [6.07, 6.45) is 3.73. The lowest BCUT2D eigenvalue weighted by Gasteiger charge is -2.33. The molecule has 1 aliphatic rings. The molecule has 1 unspecified atom stereocenters. The fourth-order valence-electron chi connectivity index (χ4n) is 2.90. The minimum Gasteiger partial charge on any atom is -0.310 e.